The number of carbonyl (C=O) groups is 2. The molecule has 0 aromatic heterocycles. The fourth-order valence-corrected chi connectivity index (χ4v) is 3.66. The van der Waals surface area contributed by atoms with Gasteiger partial charge in [0.15, 0.2) is 0 Å². The van der Waals surface area contributed by atoms with Crippen LogP contribution in [0.5, 0.6) is 0 Å². The van der Waals surface area contributed by atoms with Gasteiger partial charge < -0.3 is 11.1 Å². The summed E-state index contributed by atoms with van der Waals surface area (Å²) in [6.07, 6.45) is 2.28. The van der Waals surface area contributed by atoms with Gasteiger partial charge >= 0.3 is 0 Å². The molecule has 0 aliphatic heterocycles. The molecule has 2 amide bonds. The summed E-state index contributed by atoms with van der Waals surface area (Å²) in [6.45, 7) is 9.07. The van der Waals surface area contributed by atoms with Crippen molar-refractivity contribution in [2.24, 2.45) is 5.73 Å². The summed E-state index contributed by atoms with van der Waals surface area (Å²) in [6, 6.07) is 12.6. The van der Waals surface area contributed by atoms with Crippen LogP contribution in [-0.4, -0.2) is 11.8 Å². The molecule has 4 nitrogen and oxygen atoms in total. The molecule has 0 saturated heterocycles. The van der Waals surface area contributed by atoms with Crippen molar-refractivity contribution in [3.8, 4) is 0 Å². The first-order valence-electron chi connectivity index (χ1n) is 8.96. The molecule has 0 unspecified atom stereocenters. The lowest BCUT2D eigenvalue weighted by molar-refractivity contribution is 0.0995. The molecule has 2 aromatic rings. The monoisotopic (exact) mass is 350 g/mol. The molecule has 0 bridgehead atoms. The largest absolute Gasteiger partial charge is 0.366 e. The van der Waals surface area contributed by atoms with Crippen molar-refractivity contribution in [2.45, 2.75) is 51.4 Å². The van der Waals surface area contributed by atoms with Crippen molar-refractivity contribution in [1.82, 2.24) is 0 Å². The zero-order valence-electron chi connectivity index (χ0n) is 15.8. The van der Waals surface area contributed by atoms with Gasteiger partial charge in [-0.25, -0.2) is 0 Å². The SMILES string of the molecule is CC1(C)CCC(C)(C)c2cc(NC(=O)c3ccc(C(N)=O)cc3)ccc21. The summed E-state index contributed by atoms with van der Waals surface area (Å²) in [5.41, 5.74) is 9.81. The Labute approximate surface area is 154 Å². The van der Waals surface area contributed by atoms with Crippen LogP contribution in [0.2, 0.25) is 0 Å². The maximum atomic E-state index is 12.5. The summed E-state index contributed by atoms with van der Waals surface area (Å²) < 4.78 is 0. The molecule has 1 aliphatic rings. The second-order valence-corrected chi connectivity index (χ2v) is 8.42. The van der Waals surface area contributed by atoms with Gasteiger partial charge in [0.1, 0.15) is 0 Å². The van der Waals surface area contributed by atoms with E-state index in [1.165, 1.54) is 11.1 Å². The third-order valence-corrected chi connectivity index (χ3v) is 5.54. The first-order valence-corrected chi connectivity index (χ1v) is 8.96. The molecule has 136 valence electrons. The van der Waals surface area contributed by atoms with Gasteiger partial charge in [-0.05, 0) is 71.2 Å². The molecule has 0 saturated carbocycles. The number of carbonyl (C=O) groups excluding carboxylic acids is 2. The van der Waals surface area contributed by atoms with E-state index in [1.807, 2.05) is 6.07 Å². The maximum Gasteiger partial charge on any atom is 0.255 e. The van der Waals surface area contributed by atoms with Crippen molar-refractivity contribution in [2.75, 3.05) is 5.32 Å². The predicted molar refractivity (Wildman–Crippen MR) is 105 cm³/mol. The number of hydrogen-bond donors (Lipinski definition) is 2. The number of benzene rings is 2. The molecule has 0 spiro atoms. The zero-order valence-corrected chi connectivity index (χ0v) is 15.8. The summed E-state index contributed by atoms with van der Waals surface area (Å²) in [7, 11) is 0. The van der Waals surface area contributed by atoms with E-state index in [0.29, 0.717) is 11.1 Å². The van der Waals surface area contributed by atoms with Gasteiger partial charge in [-0.2, -0.15) is 0 Å². The quantitative estimate of drug-likeness (QED) is 0.862. The molecule has 0 atom stereocenters. The summed E-state index contributed by atoms with van der Waals surface area (Å²) in [4.78, 5) is 23.7. The van der Waals surface area contributed by atoms with Crippen molar-refractivity contribution in [3.05, 3.63) is 64.7 Å². The third-order valence-electron chi connectivity index (χ3n) is 5.54. The molecular formula is C22H26N2O2. The first-order chi connectivity index (χ1) is 12.1. The number of fused-ring (bicyclic) bond motifs is 1. The number of nitrogens with two attached hydrogens (primary N) is 1. The lowest BCUT2D eigenvalue weighted by Gasteiger charge is -2.42. The highest BCUT2D eigenvalue weighted by molar-refractivity contribution is 6.05. The van der Waals surface area contributed by atoms with Gasteiger partial charge in [0.2, 0.25) is 5.91 Å². The van der Waals surface area contributed by atoms with E-state index in [4.69, 9.17) is 5.73 Å². The van der Waals surface area contributed by atoms with Crippen LogP contribution in [0.25, 0.3) is 0 Å². The Morgan fingerprint density at radius 2 is 1.38 bits per heavy atom. The Morgan fingerprint density at radius 3 is 1.96 bits per heavy atom. The van der Waals surface area contributed by atoms with Crippen LogP contribution in [0.4, 0.5) is 5.69 Å². The normalized spacial score (nSPS) is 17.2. The Balaban J connectivity index is 1.87. The van der Waals surface area contributed by atoms with Crippen LogP contribution < -0.4 is 11.1 Å². The lowest BCUT2D eigenvalue weighted by Crippen LogP contribution is -2.33. The summed E-state index contributed by atoms with van der Waals surface area (Å²) in [5.74, 6) is -0.703. The Bertz CT molecular complexity index is 864. The summed E-state index contributed by atoms with van der Waals surface area (Å²) >= 11 is 0. The second kappa shape index (κ2) is 6.27. The van der Waals surface area contributed by atoms with Crippen LogP contribution in [-0.2, 0) is 10.8 Å². The number of hydrogen-bond acceptors (Lipinski definition) is 2. The number of primary amides is 1. The number of rotatable bonds is 3. The van der Waals surface area contributed by atoms with Gasteiger partial charge in [0.05, 0.1) is 0 Å². The fraction of sp³-hybridized carbons (Fsp3) is 0.364. The maximum absolute atomic E-state index is 12.5. The highest BCUT2D eigenvalue weighted by atomic mass is 16.2. The van der Waals surface area contributed by atoms with Crippen LogP contribution in [0.1, 0.15) is 72.4 Å². The standard InChI is InChI=1S/C22H26N2O2/c1-21(2)11-12-22(3,4)18-13-16(9-10-17(18)21)24-20(26)15-7-5-14(6-8-15)19(23)25/h5-10,13H,11-12H2,1-4H3,(H2,23,25)(H,24,26). The average molecular weight is 350 g/mol. The highest BCUT2D eigenvalue weighted by Gasteiger charge is 2.37. The van der Waals surface area contributed by atoms with E-state index in [9.17, 15) is 9.59 Å². The number of amides is 2. The molecule has 0 fully saturated rings. The van der Waals surface area contributed by atoms with E-state index in [0.717, 1.165) is 18.5 Å². The molecule has 3 N–H and O–H groups in total. The first kappa shape index (κ1) is 18.2. The lowest BCUT2D eigenvalue weighted by atomic mass is 9.63. The minimum atomic E-state index is -0.503. The molecular weight excluding hydrogens is 324 g/mol. The van der Waals surface area contributed by atoms with E-state index in [-0.39, 0.29) is 16.7 Å². The van der Waals surface area contributed by atoms with Gasteiger partial charge in [-0.3, -0.25) is 9.59 Å². The molecule has 2 aromatic carbocycles. The highest BCUT2D eigenvalue weighted by Crippen LogP contribution is 2.46. The van der Waals surface area contributed by atoms with E-state index < -0.39 is 5.91 Å². The third kappa shape index (κ3) is 3.36. The predicted octanol–water partition coefficient (Wildman–Crippen LogP) is 4.39. The topological polar surface area (TPSA) is 72.2 Å². The van der Waals surface area contributed by atoms with E-state index >= 15 is 0 Å². The van der Waals surface area contributed by atoms with E-state index in [2.05, 4.69) is 45.1 Å². The Kier molecular flexibility index (Phi) is 4.39. The Hall–Kier alpha value is -2.62. The summed E-state index contributed by atoms with van der Waals surface area (Å²) in [5, 5.41) is 2.97. The fourth-order valence-electron chi connectivity index (χ4n) is 3.66. The molecule has 3 rings (SSSR count). The molecule has 26 heavy (non-hydrogen) atoms. The van der Waals surface area contributed by atoms with Crippen molar-refractivity contribution in [1.29, 1.82) is 0 Å². The number of nitrogens with one attached hydrogen (secondary N) is 1. The van der Waals surface area contributed by atoms with Crippen molar-refractivity contribution < 1.29 is 9.59 Å². The van der Waals surface area contributed by atoms with Crippen LogP contribution in [0.15, 0.2) is 42.5 Å². The smallest absolute Gasteiger partial charge is 0.255 e. The van der Waals surface area contributed by atoms with Gasteiger partial charge in [-0.15, -0.1) is 0 Å². The van der Waals surface area contributed by atoms with Gasteiger partial charge in [0, 0.05) is 16.8 Å². The van der Waals surface area contributed by atoms with Crippen molar-refractivity contribution >= 4 is 17.5 Å². The Morgan fingerprint density at radius 1 is 0.846 bits per heavy atom. The molecule has 1 aliphatic carbocycles. The average Bonchev–Trinajstić information content (AvgIpc) is 2.59. The molecule has 4 heteroatoms. The van der Waals surface area contributed by atoms with Crippen LogP contribution in [0.3, 0.4) is 0 Å². The zero-order chi connectivity index (χ0) is 19.1. The minimum absolute atomic E-state index is 0.0920. The number of anilines is 1. The van der Waals surface area contributed by atoms with Gasteiger partial charge in [0.25, 0.3) is 5.91 Å². The minimum Gasteiger partial charge on any atom is -0.366 e. The second-order valence-electron chi connectivity index (χ2n) is 8.42. The molecule has 0 radical (unpaired) electrons. The van der Waals surface area contributed by atoms with Crippen LogP contribution >= 0.6 is 0 Å². The van der Waals surface area contributed by atoms with Gasteiger partial charge in [-0.1, -0.05) is 33.8 Å². The van der Waals surface area contributed by atoms with Crippen molar-refractivity contribution in [3.63, 3.8) is 0 Å². The van der Waals surface area contributed by atoms with E-state index in [1.54, 1.807) is 24.3 Å². The molecule has 0 heterocycles. The van der Waals surface area contributed by atoms with Crippen LogP contribution in [0, 0.1) is 0 Å².